The Morgan fingerprint density at radius 2 is 1.23 bits per heavy atom. The van der Waals surface area contributed by atoms with E-state index in [2.05, 4.69) is 0 Å². The predicted molar refractivity (Wildman–Crippen MR) is 140 cm³/mol. The molecule has 1 aromatic heterocycles. The summed E-state index contributed by atoms with van der Waals surface area (Å²) in [6.45, 7) is -1.48. The summed E-state index contributed by atoms with van der Waals surface area (Å²) in [4.78, 5) is 12.8. The van der Waals surface area contributed by atoms with Gasteiger partial charge in [-0.05, 0) is 18.2 Å². The number of aliphatic hydroxyl groups excluding tert-OH is 8. The van der Waals surface area contributed by atoms with Crippen molar-refractivity contribution in [2.45, 2.75) is 61.4 Å². The van der Waals surface area contributed by atoms with Crippen LogP contribution in [0.3, 0.4) is 0 Å². The number of rotatable bonds is 7. The van der Waals surface area contributed by atoms with E-state index < -0.39 is 85.8 Å². The molecule has 0 radical (unpaired) electrons. The van der Waals surface area contributed by atoms with Gasteiger partial charge in [0, 0.05) is 23.8 Å². The van der Waals surface area contributed by atoms with Gasteiger partial charge in [-0.15, -0.1) is 0 Å². The number of benzene rings is 2. The highest BCUT2D eigenvalue weighted by atomic mass is 16.7. The van der Waals surface area contributed by atoms with Gasteiger partial charge in [0.05, 0.1) is 13.2 Å². The molecule has 234 valence electrons. The minimum absolute atomic E-state index is 0.0828. The van der Waals surface area contributed by atoms with Gasteiger partial charge in [0.2, 0.25) is 12.6 Å². The van der Waals surface area contributed by atoms with Crippen LogP contribution in [0, 0.1) is 0 Å². The van der Waals surface area contributed by atoms with Crippen LogP contribution in [0.1, 0.15) is 0 Å². The summed E-state index contributed by atoms with van der Waals surface area (Å²) in [7, 11) is 0. The zero-order valence-electron chi connectivity index (χ0n) is 22.1. The Balaban J connectivity index is 1.55. The number of phenolic OH excluding ortho intramolecular Hbond substituents is 2. The molecule has 2 saturated heterocycles. The standard InChI is InChI=1S/C27H30O16/c28-7-17-20(33)22(35)24(37)26(42-17)40-13-2-1-9(14-6-12(32)19-11(31)4-10(30)5-16(19)39-14)3-15(13)41-27-25(38)23(36)21(34)18(8-29)43-27/h1-6,17-18,20-31,33-38H,7-8H2/t17?,18?,20-,21-,22?,23+,24?,25?,26-,27-/m1/s1. The van der Waals surface area contributed by atoms with Gasteiger partial charge in [-0.2, -0.15) is 0 Å². The Bertz CT molecular complexity index is 1500. The van der Waals surface area contributed by atoms with Crippen molar-refractivity contribution in [1.82, 2.24) is 0 Å². The second-order valence-corrected chi connectivity index (χ2v) is 10.1. The van der Waals surface area contributed by atoms with Crippen molar-refractivity contribution in [3.63, 3.8) is 0 Å². The molecule has 43 heavy (non-hydrogen) atoms. The quantitative estimate of drug-likeness (QED) is 0.130. The lowest BCUT2D eigenvalue weighted by Crippen LogP contribution is -2.60. The lowest BCUT2D eigenvalue weighted by atomic mass is 9.99. The molecule has 2 aromatic carbocycles. The van der Waals surface area contributed by atoms with E-state index in [1.54, 1.807) is 0 Å². The molecular weight excluding hydrogens is 580 g/mol. The molecule has 2 fully saturated rings. The van der Waals surface area contributed by atoms with Crippen molar-refractivity contribution >= 4 is 11.0 Å². The Morgan fingerprint density at radius 1 is 0.674 bits per heavy atom. The lowest BCUT2D eigenvalue weighted by Gasteiger charge is -2.41. The van der Waals surface area contributed by atoms with Gasteiger partial charge >= 0.3 is 0 Å². The molecule has 16 nitrogen and oxygen atoms in total. The van der Waals surface area contributed by atoms with Crippen LogP contribution in [0.15, 0.2) is 45.6 Å². The predicted octanol–water partition coefficient (Wildman–Crippen LogP) is -2.77. The average Bonchev–Trinajstić information content (AvgIpc) is 2.97. The molecule has 10 N–H and O–H groups in total. The van der Waals surface area contributed by atoms with Crippen molar-refractivity contribution < 1.29 is 74.4 Å². The number of aliphatic hydroxyl groups is 8. The van der Waals surface area contributed by atoms with Gasteiger partial charge in [0.25, 0.3) is 0 Å². The summed E-state index contributed by atoms with van der Waals surface area (Å²) >= 11 is 0. The van der Waals surface area contributed by atoms with Crippen LogP contribution in [0.5, 0.6) is 23.0 Å². The Hall–Kier alpha value is -3.55. The molecule has 10 atom stereocenters. The van der Waals surface area contributed by atoms with E-state index >= 15 is 0 Å². The molecule has 0 saturated carbocycles. The largest absolute Gasteiger partial charge is 0.508 e. The first kappa shape index (κ1) is 30.9. The van der Waals surface area contributed by atoms with E-state index in [1.165, 1.54) is 18.2 Å². The third-order valence-electron chi connectivity index (χ3n) is 7.21. The fourth-order valence-corrected chi connectivity index (χ4v) is 4.83. The van der Waals surface area contributed by atoms with Crippen LogP contribution < -0.4 is 14.9 Å². The van der Waals surface area contributed by atoms with E-state index in [9.17, 15) is 55.9 Å². The van der Waals surface area contributed by atoms with Crippen LogP contribution in [0.25, 0.3) is 22.3 Å². The Kier molecular flexibility index (Phi) is 8.77. The number of fused-ring (bicyclic) bond motifs is 1. The third kappa shape index (κ3) is 5.85. The van der Waals surface area contributed by atoms with Gasteiger partial charge in [0.15, 0.2) is 16.9 Å². The van der Waals surface area contributed by atoms with Crippen molar-refractivity contribution in [2.75, 3.05) is 13.2 Å². The molecule has 0 aliphatic carbocycles. The summed E-state index contributed by atoms with van der Waals surface area (Å²) in [5, 5.41) is 100. The molecular formula is C27H30O16. The number of phenols is 2. The first-order chi connectivity index (χ1) is 20.4. The molecule has 2 aliphatic rings. The van der Waals surface area contributed by atoms with Crippen molar-refractivity contribution in [1.29, 1.82) is 0 Å². The monoisotopic (exact) mass is 610 g/mol. The van der Waals surface area contributed by atoms with E-state index in [-0.39, 0.29) is 39.5 Å². The van der Waals surface area contributed by atoms with Crippen LogP contribution >= 0.6 is 0 Å². The van der Waals surface area contributed by atoms with Crippen LogP contribution in [0.2, 0.25) is 0 Å². The molecule has 5 unspecified atom stereocenters. The van der Waals surface area contributed by atoms with E-state index in [1.807, 2.05) is 0 Å². The molecule has 5 rings (SSSR count). The molecule has 16 heteroatoms. The second kappa shape index (κ2) is 12.2. The average molecular weight is 611 g/mol. The number of hydrogen-bond acceptors (Lipinski definition) is 16. The highest BCUT2D eigenvalue weighted by Gasteiger charge is 2.46. The van der Waals surface area contributed by atoms with Crippen molar-refractivity contribution in [3.8, 4) is 34.3 Å². The van der Waals surface area contributed by atoms with Crippen LogP contribution in [-0.2, 0) is 9.47 Å². The first-order valence-electron chi connectivity index (χ1n) is 13.0. The molecule has 0 bridgehead atoms. The molecule has 3 heterocycles. The highest BCUT2D eigenvalue weighted by Crippen LogP contribution is 2.38. The summed E-state index contributed by atoms with van der Waals surface area (Å²) in [5.41, 5.74) is -0.674. The number of ether oxygens (including phenoxy) is 4. The minimum Gasteiger partial charge on any atom is -0.508 e. The van der Waals surface area contributed by atoms with E-state index in [4.69, 9.17) is 23.4 Å². The summed E-state index contributed by atoms with van der Waals surface area (Å²) in [5.74, 6) is -1.49. The minimum atomic E-state index is -1.84. The first-order valence-corrected chi connectivity index (χ1v) is 13.0. The molecule has 2 aliphatic heterocycles. The van der Waals surface area contributed by atoms with Crippen molar-refractivity contribution in [3.05, 3.63) is 46.6 Å². The molecule has 0 spiro atoms. The summed E-state index contributed by atoms with van der Waals surface area (Å²) in [6.07, 6.45) is -16.6. The maximum absolute atomic E-state index is 12.8. The van der Waals surface area contributed by atoms with Gasteiger partial charge in [-0.25, -0.2) is 0 Å². The van der Waals surface area contributed by atoms with Gasteiger partial charge in [0.1, 0.15) is 77.1 Å². The molecule has 3 aromatic rings. The zero-order valence-corrected chi connectivity index (χ0v) is 22.1. The van der Waals surface area contributed by atoms with Crippen LogP contribution in [0.4, 0.5) is 0 Å². The topological polar surface area (TPSA) is 269 Å². The zero-order chi connectivity index (χ0) is 31.2. The normalized spacial score (nSPS) is 32.9. The lowest BCUT2D eigenvalue weighted by molar-refractivity contribution is -0.282. The Morgan fingerprint density at radius 3 is 1.79 bits per heavy atom. The SMILES string of the molecule is O=c1cc(-c2ccc(O[C@@H]3OC(CO)[C@@H](O)C(O)C3O)c(O[C@@H]3OC(CO)[C@@H](O)[C@H](O)C3O)c2)oc2cc(O)cc(O)c12. The Labute approximate surface area is 241 Å². The van der Waals surface area contributed by atoms with Gasteiger partial charge < -0.3 is 74.4 Å². The number of hydrogen-bond donors (Lipinski definition) is 10. The smallest absolute Gasteiger partial charge is 0.229 e. The maximum Gasteiger partial charge on any atom is 0.229 e. The fourth-order valence-electron chi connectivity index (χ4n) is 4.83. The highest BCUT2D eigenvalue weighted by molar-refractivity contribution is 5.86. The van der Waals surface area contributed by atoms with E-state index in [0.29, 0.717) is 0 Å². The van der Waals surface area contributed by atoms with Gasteiger partial charge in [-0.3, -0.25) is 4.79 Å². The van der Waals surface area contributed by atoms with E-state index in [0.717, 1.165) is 18.2 Å². The third-order valence-corrected chi connectivity index (χ3v) is 7.21. The second-order valence-electron chi connectivity index (χ2n) is 10.1. The fraction of sp³-hybridized carbons (Fsp3) is 0.444. The van der Waals surface area contributed by atoms with Crippen LogP contribution in [-0.4, -0.2) is 126 Å². The number of aromatic hydroxyl groups is 2. The van der Waals surface area contributed by atoms with Crippen molar-refractivity contribution in [2.24, 2.45) is 0 Å². The maximum atomic E-state index is 12.8. The summed E-state index contributed by atoms with van der Waals surface area (Å²) < 4.78 is 28.0. The molecule has 0 amide bonds. The summed E-state index contributed by atoms with van der Waals surface area (Å²) in [6, 6.07) is 6.97. The van der Waals surface area contributed by atoms with Gasteiger partial charge in [-0.1, -0.05) is 0 Å².